The molecule has 0 aliphatic carbocycles. The molecule has 4 atom stereocenters. The second-order valence-corrected chi connectivity index (χ2v) is 10.7. The third-order valence-corrected chi connectivity index (χ3v) is 8.08. The van der Waals surface area contributed by atoms with Crippen molar-refractivity contribution in [3.05, 3.63) is 69.1 Å². The Kier molecular flexibility index (Phi) is 7.87. The summed E-state index contributed by atoms with van der Waals surface area (Å²) in [6.45, 7) is 2.24. The van der Waals surface area contributed by atoms with Crippen molar-refractivity contribution in [2.24, 2.45) is 21.6 Å². The number of nitrogens with two attached hydrogens (primary N) is 1. The monoisotopic (exact) mass is 508 g/mol. The predicted octanol–water partition coefficient (Wildman–Crippen LogP) is 6.12. The summed E-state index contributed by atoms with van der Waals surface area (Å²) in [4.78, 5) is 11.3. The van der Waals surface area contributed by atoms with Crippen molar-refractivity contribution in [1.29, 1.82) is 0 Å². The predicted molar refractivity (Wildman–Crippen MR) is 138 cm³/mol. The number of hydrogen-bond donors (Lipinski definition) is 1. The molecule has 3 aliphatic rings. The van der Waals surface area contributed by atoms with Crippen molar-refractivity contribution in [3.63, 3.8) is 0 Å². The summed E-state index contributed by atoms with van der Waals surface area (Å²) in [5.41, 5.74) is 9.70. The number of alkyl halides is 1. The molecule has 2 N–H and O–H groups in total. The number of halogens is 3. The van der Waals surface area contributed by atoms with E-state index < -0.39 is 18.2 Å². The summed E-state index contributed by atoms with van der Waals surface area (Å²) >= 11 is 10.1. The Balaban J connectivity index is 1.85. The van der Waals surface area contributed by atoms with Gasteiger partial charge in [0.25, 0.3) is 0 Å². The zero-order valence-corrected chi connectivity index (χ0v) is 20.9. The summed E-state index contributed by atoms with van der Waals surface area (Å²) in [5.74, 6) is 2.10. The Morgan fingerprint density at radius 3 is 2.97 bits per heavy atom. The van der Waals surface area contributed by atoms with Crippen LogP contribution >= 0.6 is 35.1 Å². The SMILES string of the molecule is CSC[C@H]1CC2=C(/C(N)=C/C=N/C(C)F)[C@H](c3ccc(F)cc3Cl)N=C(C3CC=CS3)N2C1. The van der Waals surface area contributed by atoms with Crippen molar-refractivity contribution in [1.82, 2.24) is 4.90 Å². The normalized spacial score (nSPS) is 26.3. The van der Waals surface area contributed by atoms with Gasteiger partial charge in [0.15, 0.2) is 6.30 Å². The van der Waals surface area contributed by atoms with Crippen LogP contribution in [0, 0.1) is 11.7 Å². The van der Waals surface area contributed by atoms with Gasteiger partial charge >= 0.3 is 0 Å². The second kappa shape index (κ2) is 10.7. The van der Waals surface area contributed by atoms with Gasteiger partial charge in [0.1, 0.15) is 17.7 Å². The Hall–Kier alpha value is -1.77. The van der Waals surface area contributed by atoms with Crippen LogP contribution in [-0.4, -0.2) is 47.0 Å². The van der Waals surface area contributed by atoms with Crippen LogP contribution in [0.5, 0.6) is 0 Å². The van der Waals surface area contributed by atoms with Crippen molar-refractivity contribution >= 4 is 47.2 Å². The van der Waals surface area contributed by atoms with Crippen molar-refractivity contribution in [3.8, 4) is 0 Å². The summed E-state index contributed by atoms with van der Waals surface area (Å²) < 4.78 is 27.1. The van der Waals surface area contributed by atoms with Gasteiger partial charge < -0.3 is 10.6 Å². The molecule has 0 bridgehead atoms. The van der Waals surface area contributed by atoms with Gasteiger partial charge in [0.2, 0.25) is 0 Å². The fourth-order valence-corrected chi connectivity index (χ4v) is 6.40. The number of rotatable bonds is 7. The largest absolute Gasteiger partial charge is 0.398 e. The first kappa shape index (κ1) is 24.4. The molecule has 9 heteroatoms. The zero-order valence-electron chi connectivity index (χ0n) is 18.5. The van der Waals surface area contributed by atoms with Crippen molar-refractivity contribution in [2.75, 3.05) is 18.6 Å². The number of benzene rings is 1. The van der Waals surface area contributed by atoms with E-state index in [-0.39, 0.29) is 5.25 Å². The van der Waals surface area contributed by atoms with E-state index >= 15 is 0 Å². The van der Waals surface area contributed by atoms with Gasteiger partial charge in [0, 0.05) is 40.3 Å². The highest BCUT2D eigenvalue weighted by atomic mass is 35.5. The molecule has 1 aromatic carbocycles. The molecule has 1 aromatic rings. The average molecular weight is 509 g/mol. The highest BCUT2D eigenvalue weighted by molar-refractivity contribution is 8.03. The number of hydrogen-bond acceptors (Lipinski definition) is 6. The summed E-state index contributed by atoms with van der Waals surface area (Å²) in [6, 6.07) is 3.91. The highest BCUT2D eigenvalue weighted by Crippen LogP contribution is 2.46. The molecule has 1 fully saturated rings. The molecule has 1 saturated heterocycles. The van der Waals surface area contributed by atoms with E-state index in [1.54, 1.807) is 23.9 Å². The van der Waals surface area contributed by atoms with Crippen LogP contribution < -0.4 is 5.73 Å². The maximum Gasteiger partial charge on any atom is 0.187 e. The molecule has 0 amide bonds. The first-order chi connectivity index (χ1) is 15.9. The lowest BCUT2D eigenvalue weighted by atomic mass is 9.91. The molecule has 0 spiro atoms. The molecule has 3 aliphatic heterocycles. The molecule has 33 heavy (non-hydrogen) atoms. The number of thioether (sulfide) groups is 2. The smallest absolute Gasteiger partial charge is 0.187 e. The van der Waals surface area contributed by atoms with Crippen LogP contribution in [0.4, 0.5) is 8.78 Å². The van der Waals surface area contributed by atoms with Gasteiger partial charge in [0.05, 0.1) is 5.25 Å². The molecule has 176 valence electrons. The van der Waals surface area contributed by atoms with Gasteiger partial charge in [-0.3, -0.25) is 9.98 Å². The molecular weight excluding hydrogens is 482 g/mol. The molecule has 0 radical (unpaired) electrons. The Morgan fingerprint density at radius 2 is 2.30 bits per heavy atom. The lowest BCUT2D eigenvalue weighted by Gasteiger charge is -2.36. The van der Waals surface area contributed by atoms with E-state index in [4.69, 9.17) is 22.3 Å². The van der Waals surface area contributed by atoms with Gasteiger partial charge in [-0.15, -0.1) is 11.8 Å². The quantitative estimate of drug-likeness (QED) is 0.356. The number of aliphatic imine (C=N–C) groups is 2. The zero-order chi connectivity index (χ0) is 23.5. The van der Waals surface area contributed by atoms with E-state index in [1.807, 2.05) is 11.8 Å². The average Bonchev–Trinajstić information content (AvgIpc) is 3.42. The summed E-state index contributed by atoms with van der Waals surface area (Å²) in [6.07, 6.45) is 7.75. The lowest BCUT2D eigenvalue weighted by molar-refractivity contribution is 0.378. The maximum atomic E-state index is 13.8. The van der Waals surface area contributed by atoms with Crippen LogP contribution in [0.2, 0.25) is 5.02 Å². The highest BCUT2D eigenvalue weighted by Gasteiger charge is 2.41. The van der Waals surface area contributed by atoms with E-state index in [1.165, 1.54) is 25.3 Å². The molecule has 0 aromatic heterocycles. The first-order valence-corrected chi connectivity index (χ1v) is 13.6. The third-order valence-electron chi connectivity index (χ3n) is 5.86. The third kappa shape index (κ3) is 5.33. The standard InChI is InChI=1S/C24H27ClF2N4S2/c1-14(26)29-8-7-19(28)22-20-10-15(13-32-2)12-31(20)24(21-4-3-9-33-21)30-23(22)17-6-5-16(27)11-18(17)25/h3,5-9,11,14-15,21,23H,4,10,12-13,28H2,1-2H3/b19-7-,29-8+/t14?,15-,21?,23-/m0/s1. The number of allylic oxidation sites excluding steroid dienone is 3. The number of amidine groups is 1. The topological polar surface area (TPSA) is 54.0 Å². The van der Waals surface area contributed by atoms with Gasteiger partial charge in [-0.1, -0.05) is 23.7 Å². The lowest BCUT2D eigenvalue weighted by Crippen LogP contribution is -2.39. The van der Waals surface area contributed by atoms with Gasteiger partial charge in [-0.25, -0.2) is 8.78 Å². The van der Waals surface area contributed by atoms with Crippen molar-refractivity contribution < 1.29 is 8.78 Å². The Labute approximate surface area is 207 Å². The Morgan fingerprint density at radius 1 is 1.48 bits per heavy atom. The Bertz CT molecular complexity index is 1040. The first-order valence-electron chi connectivity index (χ1n) is 10.8. The van der Waals surface area contributed by atoms with Crippen LogP contribution in [0.25, 0.3) is 0 Å². The van der Waals surface area contributed by atoms with Crippen LogP contribution in [0.15, 0.2) is 62.7 Å². The molecule has 3 heterocycles. The maximum absolute atomic E-state index is 13.8. The minimum atomic E-state index is -1.31. The fraction of sp³-hybridized carbons (Fsp3) is 0.417. The fourth-order valence-electron chi connectivity index (χ4n) is 4.49. The molecule has 0 saturated carbocycles. The molecule has 4 rings (SSSR count). The van der Waals surface area contributed by atoms with E-state index in [0.29, 0.717) is 22.2 Å². The van der Waals surface area contributed by atoms with Crippen molar-refractivity contribution in [2.45, 2.75) is 37.4 Å². The second-order valence-electron chi connectivity index (χ2n) is 8.28. The minimum absolute atomic E-state index is 0.218. The minimum Gasteiger partial charge on any atom is -0.398 e. The summed E-state index contributed by atoms with van der Waals surface area (Å²) in [5, 5.41) is 2.64. The van der Waals surface area contributed by atoms with Gasteiger partial charge in [-0.2, -0.15) is 11.8 Å². The molecule has 2 unspecified atom stereocenters. The van der Waals surface area contributed by atoms with Crippen LogP contribution in [0.3, 0.4) is 0 Å². The number of nitrogens with zero attached hydrogens (tertiary/aromatic N) is 3. The summed E-state index contributed by atoms with van der Waals surface area (Å²) in [7, 11) is 0. The molecule has 4 nitrogen and oxygen atoms in total. The number of fused-ring (bicyclic) bond motifs is 1. The van der Waals surface area contributed by atoms with Crippen LogP contribution in [0.1, 0.15) is 31.4 Å². The van der Waals surface area contributed by atoms with Gasteiger partial charge in [-0.05, 0) is 61.3 Å². The van der Waals surface area contributed by atoms with E-state index in [9.17, 15) is 8.78 Å². The van der Waals surface area contributed by atoms with Crippen LogP contribution in [-0.2, 0) is 0 Å². The van der Waals surface area contributed by atoms with E-state index in [2.05, 4.69) is 27.6 Å². The van der Waals surface area contributed by atoms with E-state index in [0.717, 1.165) is 42.2 Å². The molecular formula is C24H27ClF2N4S2.